The molecule has 0 heterocycles. The molecule has 0 unspecified atom stereocenters. The SMILES string of the molecule is Nc1ccc(/C=C/C(=O)OCCCc2ccccc2)cc1. The van der Waals surface area contributed by atoms with Gasteiger partial charge in [-0.1, -0.05) is 42.5 Å². The molecule has 0 aliphatic heterocycles. The van der Waals surface area contributed by atoms with Gasteiger partial charge in [-0.25, -0.2) is 4.79 Å². The fourth-order valence-corrected chi connectivity index (χ4v) is 1.91. The first-order valence-electron chi connectivity index (χ1n) is 6.98. The number of rotatable bonds is 6. The molecule has 2 rings (SSSR count). The number of hydrogen-bond acceptors (Lipinski definition) is 3. The van der Waals surface area contributed by atoms with E-state index in [9.17, 15) is 4.79 Å². The van der Waals surface area contributed by atoms with Crippen LogP contribution in [0.25, 0.3) is 6.08 Å². The zero-order chi connectivity index (χ0) is 14.9. The first-order chi connectivity index (χ1) is 10.2. The summed E-state index contributed by atoms with van der Waals surface area (Å²) >= 11 is 0. The maximum absolute atomic E-state index is 11.6. The summed E-state index contributed by atoms with van der Waals surface area (Å²) < 4.78 is 5.16. The molecule has 0 atom stereocenters. The molecule has 2 aromatic rings. The van der Waals surface area contributed by atoms with Crippen LogP contribution in [0.5, 0.6) is 0 Å². The number of ether oxygens (including phenoxy) is 1. The highest BCUT2D eigenvalue weighted by atomic mass is 16.5. The zero-order valence-corrected chi connectivity index (χ0v) is 11.9. The first-order valence-corrected chi connectivity index (χ1v) is 6.98. The highest BCUT2D eigenvalue weighted by Gasteiger charge is 1.98. The van der Waals surface area contributed by atoms with Gasteiger partial charge in [0.05, 0.1) is 6.61 Å². The Kier molecular flexibility index (Phi) is 5.59. The molecule has 0 bridgehead atoms. The fourth-order valence-electron chi connectivity index (χ4n) is 1.91. The van der Waals surface area contributed by atoms with Gasteiger partial charge in [0.25, 0.3) is 0 Å². The summed E-state index contributed by atoms with van der Waals surface area (Å²) in [6.45, 7) is 0.430. The van der Waals surface area contributed by atoms with E-state index in [1.54, 1.807) is 18.2 Å². The molecule has 3 heteroatoms. The lowest BCUT2D eigenvalue weighted by Crippen LogP contribution is -2.03. The molecule has 0 spiro atoms. The quantitative estimate of drug-likeness (QED) is 0.382. The van der Waals surface area contributed by atoms with Crippen LogP contribution in [-0.2, 0) is 16.0 Å². The number of carbonyl (C=O) groups excluding carboxylic acids is 1. The predicted molar refractivity (Wildman–Crippen MR) is 85.6 cm³/mol. The van der Waals surface area contributed by atoms with E-state index in [0.717, 1.165) is 18.4 Å². The average Bonchev–Trinajstić information content (AvgIpc) is 2.52. The second-order valence-corrected chi connectivity index (χ2v) is 4.76. The van der Waals surface area contributed by atoms with Gasteiger partial charge in [0.2, 0.25) is 0 Å². The number of carbonyl (C=O) groups is 1. The lowest BCUT2D eigenvalue weighted by Gasteiger charge is -2.02. The van der Waals surface area contributed by atoms with Gasteiger partial charge in [-0.15, -0.1) is 0 Å². The van der Waals surface area contributed by atoms with Gasteiger partial charge in [0, 0.05) is 11.8 Å². The molecule has 21 heavy (non-hydrogen) atoms. The van der Waals surface area contributed by atoms with Crippen LogP contribution in [0, 0.1) is 0 Å². The molecule has 2 aromatic carbocycles. The van der Waals surface area contributed by atoms with Crippen molar-refractivity contribution in [2.24, 2.45) is 0 Å². The Morgan fingerprint density at radius 2 is 1.76 bits per heavy atom. The molecule has 0 fully saturated rings. The van der Waals surface area contributed by atoms with E-state index in [-0.39, 0.29) is 5.97 Å². The number of benzene rings is 2. The number of aryl methyl sites for hydroxylation is 1. The summed E-state index contributed by atoms with van der Waals surface area (Å²) in [5.41, 5.74) is 8.48. The topological polar surface area (TPSA) is 52.3 Å². The Labute approximate surface area is 125 Å². The van der Waals surface area contributed by atoms with Crippen molar-refractivity contribution >= 4 is 17.7 Å². The van der Waals surface area contributed by atoms with Crippen LogP contribution in [0.3, 0.4) is 0 Å². The Bertz CT molecular complexity index is 588. The van der Waals surface area contributed by atoms with E-state index in [2.05, 4.69) is 12.1 Å². The summed E-state index contributed by atoms with van der Waals surface area (Å²) in [6, 6.07) is 17.5. The van der Waals surface area contributed by atoms with Gasteiger partial charge >= 0.3 is 5.97 Å². The summed E-state index contributed by atoms with van der Waals surface area (Å²) in [5, 5.41) is 0. The Morgan fingerprint density at radius 1 is 1.05 bits per heavy atom. The van der Waals surface area contributed by atoms with E-state index in [0.29, 0.717) is 12.3 Å². The normalized spacial score (nSPS) is 10.7. The average molecular weight is 281 g/mol. The molecule has 2 N–H and O–H groups in total. The fraction of sp³-hybridized carbons (Fsp3) is 0.167. The van der Waals surface area contributed by atoms with Crippen molar-refractivity contribution in [1.29, 1.82) is 0 Å². The van der Waals surface area contributed by atoms with Crippen LogP contribution < -0.4 is 5.73 Å². The van der Waals surface area contributed by atoms with Crippen LogP contribution in [-0.4, -0.2) is 12.6 Å². The van der Waals surface area contributed by atoms with Crippen LogP contribution in [0.2, 0.25) is 0 Å². The molecule has 0 saturated carbocycles. The number of anilines is 1. The molecule has 0 radical (unpaired) electrons. The number of hydrogen-bond donors (Lipinski definition) is 1. The third-order valence-electron chi connectivity index (χ3n) is 3.05. The summed E-state index contributed by atoms with van der Waals surface area (Å²) in [5.74, 6) is -0.320. The van der Waals surface area contributed by atoms with Crippen LogP contribution >= 0.6 is 0 Å². The first kappa shape index (κ1) is 14.9. The molecule has 3 nitrogen and oxygen atoms in total. The van der Waals surface area contributed by atoms with Crippen LogP contribution in [0.4, 0.5) is 5.69 Å². The van der Waals surface area contributed by atoms with Gasteiger partial charge in [-0.2, -0.15) is 0 Å². The molecule has 0 aliphatic carbocycles. The molecule has 108 valence electrons. The van der Waals surface area contributed by atoms with Crippen molar-refractivity contribution in [1.82, 2.24) is 0 Å². The minimum absolute atomic E-state index is 0.320. The highest BCUT2D eigenvalue weighted by Crippen LogP contribution is 2.07. The lowest BCUT2D eigenvalue weighted by molar-refractivity contribution is -0.137. The molecule has 0 aliphatic rings. The third kappa shape index (κ3) is 5.53. The maximum atomic E-state index is 11.6. The van der Waals surface area contributed by atoms with Gasteiger partial charge < -0.3 is 10.5 Å². The second kappa shape index (κ2) is 7.90. The van der Waals surface area contributed by atoms with E-state index in [1.807, 2.05) is 30.3 Å². The minimum Gasteiger partial charge on any atom is -0.463 e. The van der Waals surface area contributed by atoms with Crippen LogP contribution in [0.15, 0.2) is 60.7 Å². The van der Waals surface area contributed by atoms with Crippen molar-refractivity contribution in [2.75, 3.05) is 12.3 Å². The largest absolute Gasteiger partial charge is 0.463 e. The van der Waals surface area contributed by atoms with Gasteiger partial charge in [0.15, 0.2) is 0 Å². The van der Waals surface area contributed by atoms with E-state index < -0.39 is 0 Å². The van der Waals surface area contributed by atoms with Gasteiger partial charge in [0.1, 0.15) is 0 Å². The van der Waals surface area contributed by atoms with Crippen molar-refractivity contribution in [3.05, 3.63) is 71.8 Å². The van der Waals surface area contributed by atoms with Gasteiger partial charge in [-0.05, 0) is 42.2 Å². The second-order valence-electron chi connectivity index (χ2n) is 4.76. The summed E-state index contributed by atoms with van der Waals surface area (Å²) in [6.07, 6.45) is 4.90. The van der Waals surface area contributed by atoms with E-state index >= 15 is 0 Å². The van der Waals surface area contributed by atoms with Crippen molar-refractivity contribution in [3.63, 3.8) is 0 Å². The Morgan fingerprint density at radius 3 is 2.48 bits per heavy atom. The van der Waals surface area contributed by atoms with E-state index in [4.69, 9.17) is 10.5 Å². The zero-order valence-electron chi connectivity index (χ0n) is 11.9. The van der Waals surface area contributed by atoms with E-state index in [1.165, 1.54) is 11.6 Å². The maximum Gasteiger partial charge on any atom is 0.330 e. The monoisotopic (exact) mass is 281 g/mol. The summed E-state index contributed by atoms with van der Waals surface area (Å²) in [4.78, 5) is 11.6. The standard InChI is InChI=1S/C18H19NO2/c19-17-11-8-16(9-12-17)10-13-18(20)21-14-4-7-15-5-2-1-3-6-15/h1-3,5-6,8-13H,4,7,14,19H2/b13-10+. The molecular weight excluding hydrogens is 262 g/mol. The molecule has 0 amide bonds. The van der Waals surface area contributed by atoms with Crippen molar-refractivity contribution < 1.29 is 9.53 Å². The van der Waals surface area contributed by atoms with Crippen molar-refractivity contribution in [3.8, 4) is 0 Å². The van der Waals surface area contributed by atoms with Crippen molar-refractivity contribution in [2.45, 2.75) is 12.8 Å². The summed E-state index contributed by atoms with van der Waals surface area (Å²) in [7, 11) is 0. The smallest absolute Gasteiger partial charge is 0.330 e. The molecular formula is C18H19NO2. The van der Waals surface area contributed by atoms with Crippen LogP contribution in [0.1, 0.15) is 17.5 Å². The lowest BCUT2D eigenvalue weighted by atomic mass is 10.1. The number of nitrogen functional groups attached to an aromatic ring is 1. The Hall–Kier alpha value is -2.55. The third-order valence-corrected chi connectivity index (χ3v) is 3.05. The molecule has 0 aromatic heterocycles. The predicted octanol–water partition coefficient (Wildman–Crippen LogP) is 3.46. The Balaban J connectivity index is 1.69. The minimum atomic E-state index is -0.320. The number of nitrogens with two attached hydrogens (primary N) is 1. The number of esters is 1. The molecule has 0 saturated heterocycles. The highest BCUT2D eigenvalue weighted by molar-refractivity contribution is 5.87. The van der Waals surface area contributed by atoms with Gasteiger partial charge in [-0.3, -0.25) is 0 Å².